The molecule has 90 valence electrons. The van der Waals surface area contributed by atoms with Gasteiger partial charge in [0.2, 0.25) is 0 Å². The third kappa shape index (κ3) is 3.05. The highest BCUT2D eigenvalue weighted by atomic mass is 32.1. The van der Waals surface area contributed by atoms with Crippen molar-refractivity contribution in [2.24, 2.45) is 0 Å². The van der Waals surface area contributed by atoms with Crippen molar-refractivity contribution < 1.29 is 0 Å². The molecule has 2 rings (SSSR count). The summed E-state index contributed by atoms with van der Waals surface area (Å²) in [4.78, 5) is 0.837. The van der Waals surface area contributed by atoms with Crippen molar-refractivity contribution in [3.63, 3.8) is 0 Å². The molecule has 0 bridgehead atoms. The fourth-order valence-corrected chi connectivity index (χ4v) is 1.99. The average molecular weight is 253 g/mol. The van der Waals surface area contributed by atoms with E-state index in [4.69, 9.17) is 12.2 Å². The van der Waals surface area contributed by atoms with Gasteiger partial charge in [0.05, 0.1) is 0 Å². The van der Waals surface area contributed by atoms with Gasteiger partial charge < -0.3 is 5.32 Å². The van der Waals surface area contributed by atoms with Crippen LogP contribution in [0.2, 0.25) is 0 Å². The van der Waals surface area contributed by atoms with Gasteiger partial charge in [0.25, 0.3) is 0 Å². The third-order valence-corrected chi connectivity index (χ3v) is 3.04. The summed E-state index contributed by atoms with van der Waals surface area (Å²) < 4.78 is 0. The fraction of sp³-hybridized carbons (Fsp3) is 0.0625. The summed E-state index contributed by atoms with van der Waals surface area (Å²) >= 11 is 5.45. The molecule has 0 spiro atoms. The summed E-state index contributed by atoms with van der Waals surface area (Å²) in [5, 5.41) is 3.19. The van der Waals surface area contributed by atoms with Gasteiger partial charge in [0.1, 0.15) is 0 Å². The van der Waals surface area contributed by atoms with Crippen LogP contribution >= 0.6 is 12.2 Å². The molecule has 0 saturated carbocycles. The van der Waals surface area contributed by atoms with Crippen molar-refractivity contribution in [3.05, 3.63) is 77.9 Å². The van der Waals surface area contributed by atoms with E-state index in [2.05, 4.69) is 17.4 Å². The van der Waals surface area contributed by atoms with Gasteiger partial charge in [0.15, 0.2) is 0 Å². The summed E-state index contributed by atoms with van der Waals surface area (Å²) in [7, 11) is 1.91. The zero-order valence-electron chi connectivity index (χ0n) is 10.3. The summed E-state index contributed by atoms with van der Waals surface area (Å²) in [5.74, 6) is 0. The van der Waals surface area contributed by atoms with E-state index in [1.807, 2.05) is 61.7 Å². The smallest absolute Gasteiger partial charge is 0.0470 e. The number of benzene rings is 2. The standard InChI is InChI=1S/C16H15NS/c1-17-15(13-8-4-2-5-9-13)12-16(18)14-10-6-3-7-11-14/h2-12,17H,1H3/b15-12-. The highest BCUT2D eigenvalue weighted by Crippen LogP contribution is 2.12. The first-order valence-electron chi connectivity index (χ1n) is 5.85. The molecule has 0 aromatic heterocycles. The number of hydrogen-bond donors (Lipinski definition) is 1. The molecule has 0 fully saturated rings. The molecule has 0 amide bonds. The SMILES string of the molecule is CN/C(=C\C(=S)c1ccccc1)c1ccccc1. The van der Waals surface area contributed by atoms with Gasteiger partial charge in [-0.05, 0) is 17.2 Å². The van der Waals surface area contributed by atoms with E-state index in [-0.39, 0.29) is 0 Å². The maximum atomic E-state index is 5.45. The Morgan fingerprint density at radius 2 is 1.39 bits per heavy atom. The first-order chi connectivity index (χ1) is 8.81. The van der Waals surface area contributed by atoms with E-state index in [0.29, 0.717) is 0 Å². The first-order valence-corrected chi connectivity index (χ1v) is 6.26. The lowest BCUT2D eigenvalue weighted by molar-refractivity contribution is 1.13. The van der Waals surface area contributed by atoms with E-state index in [1.54, 1.807) is 0 Å². The molecule has 0 aliphatic carbocycles. The van der Waals surface area contributed by atoms with Crippen LogP contribution in [0.25, 0.3) is 5.70 Å². The number of nitrogens with one attached hydrogen (secondary N) is 1. The van der Waals surface area contributed by atoms with E-state index in [0.717, 1.165) is 21.7 Å². The molecule has 0 aliphatic rings. The number of thiocarbonyl (C=S) groups is 1. The molecule has 0 saturated heterocycles. The van der Waals surface area contributed by atoms with Gasteiger partial charge in [-0.25, -0.2) is 0 Å². The Morgan fingerprint density at radius 1 is 0.889 bits per heavy atom. The van der Waals surface area contributed by atoms with Gasteiger partial charge in [-0.15, -0.1) is 0 Å². The van der Waals surface area contributed by atoms with Crippen LogP contribution in [0.1, 0.15) is 11.1 Å². The van der Waals surface area contributed by atoms with E-state index < -0.39 is 0 Å². The molecule has 0 atom stereocenters. The molecule has 0 radical (unpaired) electrons. The molecule has 18 heavy (non-hydrogen) atoms. The van der Waals surface area contributed by atoms with Gasteiger partial charge in [-0.3, -0.25) is 0 Å². The van der Waals surface area contributed by atoms with E-state index >= 15 is 0 Å². The lowest BCUT2D eigenvalue weighted by Crippen LogP contribution is -2.07. The number of hydrogen-bond acceptors (Lipinski definition) is 2. The van der Waals surface area contributed by atoms with Crippen LogP contribution < -0.4 is 5.32 Å². The monoisotopic (exact) mass is 253 g/mol. The van der Waals surface area contributed by atoms with Crippen molar-refractivity contribution in [2.45, 2.75) is 0 Å². The first kappa shape index (κ1) is 12.5. The Morgan fingerprint density at radius 3 is 1.89 bits per heavy atom. The predicted octanol–water partition coefficient (Wildman–Crippen LogP) is 3.67. The van der Waals surface area contributed by atoms with Gasteiger partial charge in [0, 0.05) is 17.6 Å². The summed E-state index contributed by atoms with van der Waals surface area (Å²) in [6.07, 6.45) is 2.00. The second kappa shape index (κ2) is 6.12. The van der Waals surface area contributed by atoms with Crippen LogP contribution in [-0.2, 0) is 0 Å². The van der Waals surface area contributed by atoms with Crippen LogP contribution in [-0.4, -0.2) is 11.9 Å². The fourth-order valence-electron chi connectivity index (χ4n) is 1.73. The minimum atomic E-state index is 0.837. The second-order valence-corrected chi connectivity index (χ2v) is 4.34. The zero-order chi connectivity index (χ0) is 12.8. The Balaban J connectivity index is 2.29. The van der Waals surface area contributed by atoms with Crippen molar-refractivity contribution >= 4 is 22.8 Å². The highest BCUT2D eigenvalue weighted by Gasteiger charge is 2.01. The van der Waals surface area contributed by atoms with Gasteiger partial charge in [-0.2, -0.15) is 0 Å². The number of rotatable bonds is 4. The number of allylic oxidation sites excluding steroid dienone is 1. The van der Waals surface area contributed by atoms with Crippen LogP contribution in [0.15, 0.2) is 66.7 Å². The molecule has 2 aromatic rings. The Kier molecular flexibility index (Phi) is 4.26. The third-order valence-electron chi connectivity index (χ3n) is 2.69. The highest BCUT2D eigenvalue weighted by molar-refractivity contribution is 7.81. The molecule has 0 unspecified atom stereocenters. The predicted molar refractivity (Wildman–Crippen MR) is 81.6 cm³/mol. The molecular weight excluding hydrogens is 238 g/mol. The molecule has 2 heteroatoms. The Bertz CT molecular complexity index is 544. The maximum absolute atomic E-state index is 5.45. The van der Waals surface area contributed by atoms with Gasteiger partial charge in [-0.1, -0.05) is 72.9 Å². The largest absolute Gasteiger partial charge is 0.388 e. The van der Waals surface area contributed by atoms with E-state index in [9.17, 15) is 0 Å². The van der Waals surface area contributed by atoms with Crippen molar-refractivity contribution in [1.82, 2.24) is 5.32 Å². The van der Waals surface area contributed by atoms with Crippen LogP contribution in [0.4, 0.5) is 0 Å². The van der Waals surface area contributed by atoms with Crippen molar-refractivity contribution in [3.8, 4) is 0 Å². The average Bonchev–Trinajstić information content (AvgIpc) is 2.46. The Hall–Kier alpha value is -1.93. The van der Waals surface area contributed by atoms with Crippen LogP contribution in [0.5, 0.6) is 0 Å². The minimum absolute atomic E-state index is 0.837. The lowest BCUT2D eigenvalue weighted by atomic mass is 10.1. The lowest BCUT2D eigenvalue weighted by Gasteiger charge is -2.07. The van der Waals surface area contributed by atoms with E-state index in [1.165, 1.54) is 0 Å². The van der Waals surface area contributed by atoms with Crippen molar-refractivity contribution in [1.29, 1.82) is 0 Å². The maximum Gasteiger partial charge on any atom is 0.0470 e. The summed E-state index contributed by atoms with van der Waals surface area (Å²) in [6, 6.07) is 20.2. The summed E-state index contributed by atoms with van der Waals surface area (Å²) in [6.45, 7) is 0. The molecule has 0 heterocycles. The normalized spacial score (nSPS) is 11.1. The quantitative estimate of drug-likeness (QED) is 0.507. The van der Waals surface area contributed by atoms with Crippen molar-refractivity contribution in [2.75, 3.05) is 7.05 Å². The Labute approximate surface area is 113 Å². The topological polar surface area (TPSA) is 12.0 Å². The van der Waals surface area contributed by atoms with Crippen LogP contribution in [0.3, 0.4) is 0 Å². The molecular formula is C16H15NS. The molecule has 0 aliphatic heterocycles. The molecule has 2 aromatic carbocycles. The summed E-state index contributed by atoms with van der Waals surface area (Å²) in [5.41, 5.74) is 3.24. The van der Waals surface area contributed by atoms with Gasteiger partial charge >= 0.3 is 0 Å². The molecule has 1 nitrogen and oxygen atoms in total. The second-order valence-electron chi connectivity index (χ2n) is 3.90. The minimum Gasteiger partial charge on any atom is -0.388 e. The zero-order valence-corrected chi connectivity index (χ0v) is 11.1. The van der Waals surface area contributed by atoms with Crippen LogP contribution in [0, 0.1) is 0 Å². The molecule has 1 N–H and O–H groups in total.